The van der Waals surface area contributed by atoms with Gasteiger partial charge in [0.2, 0.25) is 0 Å². The number of halogens is 3. The average Bonchev–Trinajstić information content (AvgIpc) is 3.27. The van der Waals surface area contributed by atoms with Crippen LogP contribution in [0.5, 0.6) is 5.75 Å². The number of thioether (sulfide) groups is 1. The van der Waals surface area contributed by atoms with Crippen molar-refractivity contribution in [3.63, 3.8) is 0 Å². The summed E-state index contributed by atoms with van der Waals surface area (Å²) >= 11 is 9.13. The van der Waals surface area contributed by atoms with Crippen LogP contribution in [-0.4, -0.2) is 53.5 Å². The molecule has 3 unspecified atom stereocenters. The molecule has 3 atom stereocenters. The Morgan fingerprint density at radius 2 is 2.19 bits per heavy atom. The average molecular weight is 555 g/mol. The Kier molecular flexibility index (Phi) is 9.44. The maximum Gasteiger partial charge on any atom is 0.303 e. The molecule has 4 rings (SSSR count). The number of alkyl halides is 1. The molecule has 0 saturated carbocycles. The Hall–Kier alpha value is -1.94. The van der Waals surface area contributed by atoms with Crippen LogP contribution in [0.2, 0.25) is 5.02 Å². The van der Waals surface area contributed by atoms with Crippen molar-refractivity contribution in [2.45, 2.75) is 36.1 Å². The molecule has 1 aliphatic heterocycles. The normalized spacial score (nSPS) is 19.4. The van der Waals surface area contributed by atoms with E-state index in [9.17, 15) is 14.3 Å². The molecule has 36 heavy (non-hydrogen) atoms. The number of aromatic nitrogens is 1. The summed E-state index contributed by atoms with van der Waals surface area (Å²) in [7, 11) is 1.56. The molecule has 5 nitrogen and oxygen atoms in total. The molecule has 1 N–H and O–H groups in total. The van der Waals surface area contributed by atoms with Crippen molar-refractivity contribution in [3.05, 3.63) is 52.2 Å². The third-order valence-corrected chi connectivity index (χ3v) is 9.17. The molecule has 3 aromatic rings. The van der Waals surface area contributed by atoms with E-state index in [4.69, 9.17) is 16.3 Å². The Morgan fingerprint density at radius 3 is 2.92 bits per heavy atom. The van der Waals surface area contributed by atoms with Gasteiger partial charge in [0.1, 0.15) is 11.9 Å². The fourth-order valence-electron chi connectivity index (χ4n) is 4.96. The van der Waals surface area contributed by atoms with Crippen LogP contribution in [0.25, 0.3) is 10.9 Å². The third kappa shape index (κ3) is 6.88. The van der Waals surface area contributed by atoms with Crippen molar-refractivity contribution in [2.24, 2.45) is 11.8 Å². The monoisotopic (exact) mass is 554 g/mol. The first-order valence-corrected chi connectivity index (χ1v) is 14.1. The molecule has 1 aromatic carbocycles. The fraction of sp³-hybridized carbons (Fsp3) is 0.462. The lowest BCUT2D eigenvalue weighted by Gasteiger charge is -2.38. The summed E-state index contributed by atoms with van der Waals surface area (Å²) in [5.74, 6) is 0.667. The Balaban J connectivity index is 1.38. The Morgan fingerprint density at radius 1 is 1.36 bits per heavy atom. The molecule has 0 amide bonds. The highest BCUT2D eigenvalue weighted by Gasteiger charge is 2.31. The van der Waals surface area contributed by atoms with Crippen molar-refractivity contribution in [1.82, 2.24) is 9.88 Å². The summed E-state index contributed by atoms with van der Waals surface area (Å²) in [6.07, 6.45) is 1.92. The van der Waals surface area contributed by atoms with Gasteiger partial charge in [-0.2, -0.15) is 4.39 Å². The highest BCUT2D eigenvalue weighted by Crippen LogP contribution is 2.39. The van der Waals surface area contributed by atoms with Crippen LogP contribution in [-0.2, 0) is 4.79 Å². The van der Waals surface area contributed by atoms with Gasteiger partial charge in [-0.05, 0) is 68.0 Å². The summed E-state index contributed by atoms with van der Waals surface area (Å²) in [6.45, 7) is 2.32. The Labute approximate surface area is 222 Å². The van der Waals surface area contributed by atoms with E-state index in [1.807, 2.05) is 0 Å². The fourth-order valence-corrected chi connectivity index (χ4v) is 7.14. The molecule has 10 heteroatoms. The van der Waals surface area contributed by atoms with Crippen LogP contribution in [0.4, 0.5) is 8.78 Å². The highest BCUT2D eigenvalue weighted by atomic mass is 35.5. The number of aliphatic carboxylic acids is 1. The molecule has 0 bridgehead atoms. The number of carboxylic acids is 1. The maximum absolute atomic E-state index is 15.6. The quantitative estimate of drug-likeness (QED) is 0.255. The van der Waals surface area contributed by atoms with E-state index in [1.165, 1.54) is 12.3 Å². The molecule has 1 saturated heterocycles. The van der Waals surface area contributed by atoms with Gasteiger partial charge in [-0.15, -0.1) is 11.8 Å². The predicted molar refractivity (Wildman–Crippen MR) is 142 cm³/mol. The Bertz CT molecular complexity index is 1200. The van der Waals surface area contributed by atoms with Gasteiger partial charge in [0.05, 0.1) is 21.9 Å². The molecule has 2 aromatic heterocycles. The molecule has 194 valence electrons. The lowest BCUT2D eigenvalue weighted by Crippen LogP contribution is -2.42. The van der Waals surface area contributed by atoms with Crippen molar-refractivity contribution < 1.29 is 23.4 Å². The molecule has 0 spiro atoms. The lowest BCUT2D eigenvalue weighted by molar-refractivity contribution is -0.139. The number of hydrogen-bond acceptors (Lipinski definition) is 6. The van der Waals surface area contributed by atoms with Gasteiger partial charge < -0.3 is 14.7 Å². The molecule has 3 heterocycles. The van der Waals surface area contributed by atoms with Crippen LogP contribution in [0.15, 0.2) is 40.7 Å². The summed E-state index contributed by atoms with van der Waals surface area (Å²) in [6, 6.07) is 8.57. The number of nitrogens with zero attached hydrogens (tertiary/aromatic N) is 2. The predicted octanol–water partition coefficient (Wildman–Crippen LogP) is 7.09. The molecule has 0 aliphatic carbocycles. The second-order valence-electron chi connectivity index (χ2n) is 9.06. The minimum atomic E-state index is -1.29. The van der Waals surface area contributed by atoms with Crippen LogP contribution in [0, 0.1) is 17.0 Å². The van der Waals surface area contributed by atoms with Crippen LogP contribution in [0.3, 0.4) is 0 Å². The van der Waals surface area contributed by atoms with E-state index >= 15 is 4.39 Å². The zero-order valence-corrected chi connectivity index (χ0v) is 22.4. The molecule has 1 aliphatic rings. The van der Waals surface area contributed by atoms with E-state index in [0.29, 0.717) is 35.2 Å². The van der Waals surface area contributed by atoms with Crippen molar-refractivity contribution in [2.75, 3.05) is 32.5 Å². The van der Waals surface area contributed by atoms with Crippen molar-refractivity contribution in [3.8, 4) is 5.75 Å². The van der Waals surface area contributed by atoms with Gasteiger partial charge >= 0.3 is 5.97 Å². The van der Waals surface area contributed by atoms with Gasteiger partial charge in [-0.1, -0.05) is 22.9 Å². The maximum atomic E-state index is 15.6. The van der Waals surface area contributed by atoms with Gasteiger partial charge in [0.25, 0.3) is 0 Å². The highest BCUT2D eigenvalue weighted by molar-refractivity contribution is 8.01. The summed E-state index contributed by atoms with van der Waals surface area (Å²) in [5, 5.41) is 10.2. The number of piperidine rings is 1. The van der Waals surface area contributed by atoms with E-state index in [2.05, 4.69) is 9.88 Å². The first-order valence-electron chi connectivity index (χ1n) is 11.9. The smallest absolute Gasteiger partial charge is 0.303 e. The molecular weight excluding hydrogens is 526 g/mol. The summed E-state index contributed by atoms with van der Waals surface area (Å²) in [5.41, 5.74) is 1.06. The third-order valence-electron chi connectivity index (χ3n) is 6.78. The number of thiophene rings is 1. The second kappa shape index (κ2) is 12.5. The molecular formula is C26H29ClF2N2O3S2. The SMILES string of the molecule is COc1ccc2ncc(Cl)c(C(F)CCC3CCN(CCSc4ccc(F)s4)CC3CC(=O)O)c2c1. The molecule has 0 radical (unpaired) electrons. The largest absolute Gasteiger partial charge is 0.497 e. The minimum absolute atomic E-state index is 0.0441. The number of carbonyl (C=O) groups is 1. The van der Waals surface area contributed by atoms with E-state index in [0.717, 1.165) is 40.8 Å². The standard InChI is InChI=1S/C26H29ClF2N2O3S2/c1-34-18-3-5-22-19(13-18)26(20(27)14-30-22)21(28)4-2-16-8-9-31(15-17(16)12-24(32)33)10-11-35-25-7-6-23(29)36-25/h3,5-7,13-14,16-17,21H,2,4,8-12,15H2,1H3,(H,32,33). The first-order chi connectivity index (χ1) is 17.3. The second-order valence-corrected chi connectivity index (χ2v) is 11.9. The summed E-state index contributed by atoms with van der Waals surface area (Å²) in [4.78, 5) is 18.1. The number of fused-ring (bicyclic) bond motifs is 1. The number of benzene rings is 1. The van der Waals surface area contributed by atoms with E-state index in [1.54, 1.807) is 43.1 Å². The minimum Gasteiger partial charge on any atom is -0.497 e. The number of methoxy groups -OCH3 is 1. The molecule has 1 fully saturated rings. The zero-order chi connectivity index (χ0) is 25.7. The van der Waals surface area contributed by atoms with Crippen LogP contribution < -0.4 is 4.74 Å². The van der Waals surface area contributed by atoms with Gasteiger partial charge in [-0.25, -0.2) is 4.39 Å². The number of hydrogen-bond donors (Lipinski definition) is 1. The summed E-state index contributed by atoms with van der Waals surface area (Å²) < 4.78 is 35.0. The zero-order valence-electron chi connectivity index (χ0n) is 20.0. The first kappa shape index (κ1) is 27.1. The van der Waals surface area contributed by atoms with E-state index < -0.39 is 12.1 Å². The van der Waals surface area contributed by atoms with Gasteiger partial charge in [0, 0.05) is 42.4 Å². The number of likely N-dealkylation sites (tertiary alicyclic amines) is 1. The lowest BCUT2D eigenvalue weighted by atomic mass is 9.79. The van der Waals surface area contributed by atoms with Crippen molar-refractivity contribution >= 4 is 51.6 Å². The van der Waals surface area contributed by atoms with Gasteiger partial charge in [-0.3, -0.25) is 9.78 Å². The van der Waals surface area contributed by atoms with Crippen LogP contribution in [0.1, 0.15) is 37.4 Å². The number of rotatable bonds is 11. The van der Waals surface area contributed by atoms with Gasteiger partial charge in [0.15, 0.2) is 5.13 Å². The topological polar surface area (TPSA) is 62.7 Å². The number of ether oxygens (including phenoxy) is 1. The van der Waals surface area contributed by atoms with Crippen LogP contribution >= 0.6 is 34.7 Å². The number of pyridine rings is 1. The number of carboxylic acid groups (broad SMARTS) is 1. The van der Waals surface area contributed by atoms with Crippen molar-refractivity contribution in [1.29, 1.82) is 0 Å². The van der Waals surface area contributed by atoms with E-state index in [-0.39, 0.29) is 34.8 Å².